The Labute approximate surface area is 171 Å². The summed E-state index contributed by atoms with van der Waals surface area (Å²) >= 11 is 1.55. The first-order chi connectivity index (χ1) is 14.0. The van der Waals surface area contributed by atoms with Gasteiger partial charge in [-0.3, -0.25) is 4.79 Å². The van der Waals surface area contributed by atoms with Crippen LogP contribution in [0.25, 0.3) is 10.2 Å². The average Bonchev–Trinajstić information content (AvgIpc) is 3.20. The monoisotopic (exact) mass is 412 g/mol. The highest BCUT2D eigenvalue weighted by atomic mass is 32.1. The maximum absolute atomic E-state index is 12.5. The van der Waals surface area contributed by atoms with E-state index in [1.165, 1.54) is 4.90 Å². The molecule has 2 heterocycles. The van der Waals surface area contributed by atoms with E-state index in [0.29, 0.717) is 30.3 Å². The van der Waals surface area contributed by atoms with Crippen LogP contribution >= 0.6 is 11.3 Å². The minimum absolute atomic E-state index is 0.229. The number of rotatable bonds is 5. The molecule has 0 bridgehead atoms. The molecular weight excluding hydrogens is 392 g/mol. The van der Waals surface area contributed by atoms with E-state index in [1.54, 1.807) is 36.6 Å². The first-order valence-electron chi connectivity index (χ1n) is 9.21. The molecule has 1 aliphatic heterocycles. The Hall–Kier alpha value is -3.13. The van der Waals surface area contributed by atoms with Crippen LogP contribution in [0.15, 0.2) is 42.5 Å². The Balaban J connectivity index is 1.37. The molecule has 2 aromatic carbocycles. The van der Waals surface area contributed by atoms with Crippen molar-refractivity contribution in [2.45, 2.75) is 13.0 Å². The van der Waals surface area contributed by atoms with Gasteiger partial charge in [-0.05, 0) is 37.3 Å². The molecule has 3 aromatic rings. The third-order valence-corrected chi connectivity index (χ3v) is 5.95. The number of likely N-dealkylation sites (N-methyl/N-ethyl adjacent to an activating group) is 1. The molecule has 0 unspecified atom stereocenters. The van der Waals surface area contributed by atoms with Gasteiger partial charge >= 0.3 is 5.97 Å². The molecule has 29 heavy (non-hydrogen) atoms. The highest BCUT2D eigenvalue weighted by Gasteiger charge is 2.22. The Morgan fingerprint density at radius 2 is 1.93 bits per heavy atom. The van der Waals surface area contributed by atoms with Gasteiger partial charge in [-0.15, -0.1) is 11.3 Å². The summed E-state index contributed by atoms with van der Waals surface area (Å²) in [5.74, 6) is 0.200. The minimum Gasteiger partial charge on any atom is -0.486 e. The standard InChI is InChI=1S/C21H20N2O5S/c1-13(20-22-15-5-3-4-6-18(15)29-20)23(2)19(24)12-28-21(25)14-7-8-16-17(11-14)27-10-9-26-16/h3-8,11,13H,9-10,12H2,1-2H3/t13-/m1/s1. The summed E-state index contributed by atoms with van der Waals surface area (Å²) in [5.41, 5.74) is 1.22. The van der Waals surface area contributed by atoms with E-state index < -0.39 is 5.97 Å². The summed E-state index contributed by atoms with van der Waals surface area (Å²) in [6, 6.07) is 12.4. The van der Waals surface area contributed by atoms with Crippen molar-refractivity contribution < 1.29 is 23.8 Å². The molecule has 0 N–H and O–H groups in total. The molecule has 0 saturated carbocycles. The van der Waals surface area contributed by atoms with Crippen molar-refractivity contribution in [3.8, 4) is 11.5 Å². The molecule has 0 aliphatic carbocycles. The number of carbonyl (C=O) groups is 2. The summed E-state index contributed by atoms with van der Waals surface area (Å²) in [5, 5.41) is 0.834. The van der Waals surface area contributed by atoms with Crippen LogP contribution in [0, 0.1) is 0 Å². The topological polar surface area (TPSA) is 78.0 Å². The van der Waals surface area contributed by atoms with E-state index in [2.05, 4.69) is 4.98 Å². The zero-order chi connectivity index (χ0) is 20.4. The van der Waals surface area contributed by atoms with E-state index in [-0.39, 0.29) is 18.6 Å². The molecule has 0 spiro atoms. The molecule has 1 atom stereocenters. The SMILES string of the molecule is C[C@H](c1nc2ccccc2s1)N(C)C(=O)COC(=O)c1ccc2c(c1)OCCO2. The lowest BCUT2D eigenvalue weighted by molar-refractivity contribution is -0.135. The number of amides is 1. The van der Waals surface area contributed by atoms with Crippen molar-refractivity contribution in [3.63, 3.8) is 0 Å². The van der Waals surface area contributed by atoms with Crippen LogP contribution in [-0.2, 0) is 9.53 Å². The van der Waals surface area contributed by atoms with Crippen LogP contribution in [-0.4, -0.2) is 48.6 Å². The Kier molecular flexibility index (Phi) is 5.35. The minimum atomic E-state index is -0.587. The molecule has 0 radical (unpaired) electrons. The Morgan fingerprint density at radius 1 is 1.17 bits per heavy atom. The number of ether oxygens (including phenoxy) is 3. The zero-order valence-electron chi connectivity index (χ0n) is 16.1. The maximum atomic E-state index is 12.5. The molecule has 1 aromatic heterocycles. The lowest BCUT2D eigenvalue weighted by atomic mass is 10.2. The third kappa shape index (κ3) is 4.02. The summed E-state index contributed by atoms with van der Waals surface area (Å²) in [7, 11) is 1.68. The van der Waals surface area contributed by atoms with E-state index in [9.17, 15) is 9.59 Å². The summed E-state index contributed by atoms with van der Waals surface area (Å²) in [6.07, 6.45) is 0. The predicted octanol–water partition coefficient (Wildman–Crippen LogP) is 3.44. The first-order valence-corrected chi connectivity index (χ1v) is 10.0. The van der Waals surface area contributed by atoms with Crippen molar-refractivity contribution >= 4 is 33.4 Å². The van der Waals surface area contributed by atoms with Crippen LogP contribution in [0.2, 0.25) is 0 Å². The van der Waals surface area contributed by atoms with Crippen molar-refractivity contribution in [1.82, 2.24) is 9.88 Å². The lowest BCUT2D eigenvalue weighted by Gasteiger charge is -2.23. The van der Waals surface area contributed by atoms with Crippen LogP contribution < -0.4 is 9.47 Å². The van der Waals surface area contributed by atoms with Crippen LogP contribution in [0.3, 0.4) is 0 Å². The second-order valence-electron chi connectivity index (χ2n) is 6.64. The number of hydrogen-bond donors (Lipinski definition) is 0. The number of para-hydroxylation sites is 1. The fourth-order valence-corrected chi connectivity index (χ4v) is 4.00. The van der Waals surface area contributed by atoms with E-state index in [0.717, 1.165) is 15.2 Å². The smallest absolute Gasteiger partial charge is 0.338 e. The third-order valence-electron chi connectivity index (χ3n) is 4.75. The van der Waals surface area contributed by atoms with Gasteiger partial charge in [-0.2, -0.15) is 0 Å². The van der Waals surface area contributed by atoms with Gasteiger partial charge < -0.3 is 19.1 Å². The number of fused-ring (bicyclic) bond motifs is 2. The number of esters is 1. The van der Waals surface area contributed by atoms with E-state index >= 15 is 0 Å². The first kappa shape index (κ1) is 19.2. The summed E-state index contributed by atoms with van der Waals surface area (Å²) < 4.78 is 17.2. The number of thiazole rings is 1. The molecule has 1 amide bonds. The van der Waals surface area contributed by atoms with Crippen LogP contribution in [0.4, 0.5) is 0 Å². The maximum Gasteiger partial charge on any atom is 0.338 e. The van der Waals surface area contributed by atoms with Gasteiger partial charge in [0.1, 0.15) is 18.2 Å². The fraction of sp³-hybridized carbons (Fsp3) is 0.286. The Bertz CT molecular complexity index is 1030. The van der Waals surface area contributed by atoms with Crippen molar-refractivity contribution in [1.29, 1.82) is 0 Å². The molecular formula is C21H20N2O5S. The van der Waals surface area contributed by atoms with Gasteiger partial charge in [0, 0.05) is 7.05 Å². The van der Waals surface area contributed by atoms with E-state index in [4.69, 9.17) is 14.2 Å². The predicted molar refractivity (Wildman–Crippen MR) is 109 cm³/mol. The molecule has 0 fully saturated rings. The van der Waals surface area contributed by atoms with Crippen molar-refractivity contribution in [3.05, 3.63) is 53.0 Å². The van der Waals surface area contributed by atoms with Crippen LogP contribution in [0.5, 0.6) is 11.5 Å². The lowest BCUT2D eigenvalue weighted by Crippen LogP contribution is -2.33. The number of benzene rings is 2. The molecule has 7 nitrogen and oxygen atoms in total. The molecule has 0 saturated heterocycles. The van der Waals surface area contributed by atoms with Crippen LogP contribution in [0.1, 0.15) is 28.3 Å². The highest BCUT2D eigenvalue weighted by molar-refractivity contribution is 7.18. The van der Waals surface area contributed by atoms with Gasteiger partial charge in [0.15, 0.2) is 18.1 Å². The molecule has 150 valence electrons. The Morgan fingerprint density at radius 3 is 2.72 bits per heavy atom. The fourth-order valence-electron chi connectivity index (χ4n) is 2.93. The van der Waals surface area contributed by atoms with Gasteiger partial charge in [0.2, 0.25) is 0 Å². The van der Waals surface area contributed by atoms with Crippen molar-refractivity contribution in [2.24, 2.45) is 0 Å². The number of carbonyl (C=O) groups excluding carboxylic acids is 2. The quantitative estimate of drug-likeness (QED) is 0.598. The molecule has 1 aliphatic rings. The van der Waals surface area contributed by atoms with Gasteiger partial charge in [-0.1, -0.05) is 12.1 Å². The normalized spacial score (nSPS) is 13.7. The summed E-state index contributed by atoms with van der Waals surface area (Å²) in [4.78, 5) is 31.0. The molecule has 4 rings (SSSR count). The van der Waals surface area contributed by atoms with Gasteiger partial charge in [0.25, 0.3) is 5.91 Å². The van der Waals surface area contributed by atoms with Gasteiger partial charge in [0.05, 0.1) is 21.8 Å². The second kappa shape index (κ2) is 8.08. The molecule has 8 heteroatoms. The van der Waals surface area contributed by atoms with Crippen molar-refractivity contribution in [2.75, 3.05) is 26.9 Å². The van der Waals surface area contributed by atoms with E-state index in [1.807, 2.05) is 31.2 Å². The second-order valence-corrected chi connectivity index (χ2v) is 7.70. The highest BCUT2D eigenvalue weighted by Crippen LogP contribution is 2.31. The average molecular weight is 412 g/mol. The largest absolute Gasteiger partial charge is 0.486 e. The number of aromatic nitrogens is 1. The number of hydrogen-bond acceptors (Lipinski definition) is 7. The summed E-state index contributed by atoms with van der Waals surface area (Å²) in [6.45, 7) is 2.46. The van der Waals surface area contributed by atoms with Gasteiger partial charge in [-0.25, -0.2) is 9.78 Å². The number of nitrogens with zero attached hydrogens (tertiary/aromatic N) is 2. The zero-order valence-corrected chi connectivity index (χ0v) is 16.9.